The molecule has 0 aliphatic carbocycles. The van der Waals surface area contributed by atoms with Gasteiger partial charge in [-0.3, -0.25) is 4.79 Å². The summed E-state index contributed by atoms with van der Waals surface area (Å²) in [5.74, 6) is -1.01. The molecule has 2 heterocycles. The number of nitrogens with zero attached hydrogens (tertiary/aromatic N) is 1. The molecule has 1 fully saturated rings. The maximum Gasteiger partial charge on any atom is 0.253 e. The number of halogens is 2. The Bertz CT molecular complexity index is 1270. The lowest BCUT2D eigenvalue weighted by molar-refractivity contribution is -0.225. The van der Waals surface area contributed by atoms with Gasteiger partial charge in [-0.2, -0.15) is 0 Å². The molecule has 8 heteroatoms. The third kappa shape index (κ3) is 4.41. The van der Waals surface area contributed by atoms with E-state index in [0.717, 1.165) is 34.6 Å². The number of benzene rings is 3. The van der Waals surface area contributed by atoms with Crippen LogP contribution in [-0.2, 0) is 11.3 Å². The average molecular weight is 481 g/mol. The van der Waals surface area contributed by atoms with Crippen molar-refractivity contribution in [1.82, 2.24) is 4.90 Å². The number of hydrogen-bond acceptors (Lipinski definition) is 5. The van der Waals surface area contributed by atoms with Crippen molar-refractivity contribution in [2.24, 2.45) is 0 Å². The third-order valence-electron chi connectivity index (χ3n) is 6.55. The van der Waals surface area contributed by atoms with E-state index in [0.29, 0.717) is 44.0 Å². The number of rotatable bonds is 4. The summed E-state index contributed by atoms with van der Waals surface area (Å²) in [4.78, 5) is 14.3. The van der Waals surface area contributed by atoms with Crippen LogP contribution in [0.5, 0.6) is 17.2 Å². The van der Waals surface area contributed by atoms with Gasteiger partial charge in [0, 0.05) is 48.7 Å². The molecule has 0 bridgehead atoms. The largest absolute Gasteiger partial charge is 0.497 e. The molecule has 1 saturated heterocycles. The molecular weight excluding hydrogens is 456 g/mol. The standard InChI is InChI=1S/C27H25F2NO5/c1-32-20-5-6-21(25(15-20)33-2)17-4-8-24-19(13-17)16-34-27(35-24)9-11-30(12-10-27)26(31)18-3-7-22(28)23(29)14-18/h3-8,13-15H,9-12,16H2,1-2H3. The molecule has 0 atom stereocenters. The van der Waals surface area contributed by atoms with Gasteiger partial charge in [0.1, 0.15) is 17.2 Å². The fraction of sp³-hybridized carbons (Fsp3) is 0.296. The molecule has 5 rings (SSSR count). The first-order chi connectivity index (χ1) is 16.9. The Kier molecular flexibility index (Phi) is 6.06. The van der Waals surface area contributed by atoms with Crippen molar-refractivity contribution in [3.63, 3.8) is 0 Å². The first-order valence-corrected chi connectivity index (χ1v) is 11.3. The first kappa shape index (κ1) is 23.1. The topological polar surface area (TPSA) is 57.2 Å². The Balaban J connectivity index is 1.29. The van der Waals surface area contributed by atoms with Gasteiger partial charge < -0.3 is 23.8 Å². The summed E-state index contributed by atoms with van der Waals surface area (Å²) >= 11 is 0. The van der Waals surface area contributed by atoms with Crippen LogP contribution in [0.25, 0.3) is 11.1 Å². The lowest BCUT2D eigenvalue weighted by Crippen LogP contribution is -2.52. The van der Waals surface area contributed by atoms with E-state index in [9.17, 15) is 13.6 Å². The van der Waals surface area contributed by atoms with Crippen molar-refractivity contribution >= 4 is 5.91 Å². The number of ether oxygens (including phenoxy) is 4. The minimum absolute atomic E-state index is 0.122. The lowest BCUT2D eigenvalue weighted by Gasteiger charge is -2.44. The van der Waals surface area contributed by atoms with Gasteiger partial charge >= 0.3 is 0 Å². The van der Waals surface area contributed by atoms with E-state index < -0.39 is 17.4 Å². The number of carbonyl (C=O) groups is 1. The van der Waals surface area contributed by atoms with E-state index in [1.807, 2.05) is 36.4 Å². The summed E-state index contributed by atoms with van der Waals surface area (Å²) < 4.78 is 50.0. The molecular formula is C27H25F2NO5. The fourth-order valence-electron chi connectivity index (χ4n) is 4.54. The van der Waals surface area contributed by atoms with Crippen molar-refractivity contribution in [2.45, 2.75) is 25.2 Å². The second kappa shape index (κ2) is 9.19. The molecule has 0 unspecified atom stereocenters. The molecule has 35 heavy (non-hydrogen) atoms. The summed E-state index contributed by atoms with van der Waals surface area (Å²) in [5, 5.41) is 0. The Hall–Kier alpha value is -3.65. The molecule has 0 N–H and O–H groups in total. The van der Waals surface area contributed by atoms with Crippen LogP contribution in [0.4, 0.5) is 8.78 Å². The zero-order valence-corrected chi connectivity index (χ0v) is 19.5. The number of likely N-dealkylation sites (tertiary alicyclic amines) is 1. The minimum atomic E-state index is -1.04. The van der Waals surface area contributed by atoms with Crippen molar-refractivity contribution in [2.75, 3.05) is 27.3 Å². The molecule has 182 valence electrons. The SMILES string of the molecule is COc1ccc(-c2ccc3c(c2)COC2(CCN(C(=O)c4ccc(F)c(F)c4)CC2)O3)c(OC)c1. The summed E-state index contributed by atoms with van der Waals surface area (Å²) in [6.45, 7) is 1.14. The quantitative estimate of drug-likeness (QED) is 0.513. The Morgan fingerprint density at radius 2 is 1.74 bits per heavy atom. The molecule has 3 aromatic carbocycles. The zero-order chi connectivity index (χ0) is 24.6. The van der Waals surface area contributed by atoms with Crippen molar-refractivity contribution in [1.29, 1.82) is 0 Å². The van der Waals surface area contributed by atoms with Gasteiger partial charge in [0.05, 0.1) is 20.8 Å². The summed E-state index contributed by atoms with van der Waals surface area (Å²) in [6, 6.07) is 14.8. The smallest absolute Gasteiger partial charge is 0.253 e. The van der Waals surface area contributed by atoms with Crippen LogP contribution in [0, 0.1) is 11.6 Å². The van der Waals surface area contributed by atoms with Crippen LogP contribution in [0.1, 0.15) is 28.8 Å². The number of piperidine rings is 1. The van der Waals surface area contributed by atoms with E-state index in [2.05, 4.69) is 0 Å². The van der Waals surface area contributed by atoms with Gasteiger partial charge in [-0.1, -0.05) is 6.07 Å². The van der Waals surface area contributed by atoms with Crippen LogP contribution in [-0.4, -0.2) is 43.9 Å². The molecule has 3 aromatic rings. The summed E-state index contributed by atoms with van der Waals surface area (Å²) in [6.07, 6.45) is 0.936. The van der Waals surface area contributed by atoms with E-state index >= 15 is 0 Å². The summed E-state index contributed by atoms with van der Waals surface area (Å²) in [7, 11) is 3.23. The van der Waals surface area contributed by atoms with Crippen molar-refractivity contribution in [3.05, 3.63) is 77.4 Å². The van der Waals surface area contributed by atoms with Crippen LogP contribution < -0.4 is 14.2 Å². The minimum Gasteiger partial charge on any atom is -0.497 e. The monoisotopic (exact) mass is 481 g/mol. The maximum atomic E-state index is 13.5. The Morgan fingerprint density at radius 1 is 0.943 bits per heavy atom. The summed E-state index contributed by atoms with van der Waals surface area (Å²) in [5.41, 5.74) is 2.95. The normalized spacial score (nSPS) is 16.4. The maximum absolute atomic E-state index is 13.5. The number of fused-ring (bicyclic) bond motifs is 1. The van der Waals surface area contributed by atoms with E-state index in [4.69, 9.17) is 18.9 Å². The van der Waals surface area contributed by atoms with Gasteiger partial charge in [-0.25, -0.2) is 8.78 Å². The van der Waals surface area contributed by atoms with Crippen LogP contribution in [0.3, 0.4) is 0 Å². The van der Waals surface area contributed by atoms with Gasteiger partial charge in [0.2, 0.25) is 5.79 Å². The van der Waals surface area contributed by atoms with Crippen molar-refractivity contribution < 1.29 is 32.5 Å². The van der Waals surface area contributed by atoms with Crippen LogP contribution >= 0.6 is 0 Å². The molecule has 2 aliphatic rings. The van der Waals surface area contributed by atoms with Crippen molar-refractivity contribution in [3.8, 4) is 28.4 Å². The fourth-order valence-corrected chi connectivity index (χ4v) is 4.54. The number of hydrogen-bond donors (Lipinski definition) is 0. The van der Waals surface area contributed by atoms with Crippen LogP contribution in [0.2, 0.25) is 0 Å². The third-order valence-corrected chi connectivity index (χ3v) is 6.55. The molecule has 2 aliphatic heterocycles. The molecule has 6 nitrogen and oxygen atoms in total. The number of amides is 1. The van der Waals surface area contributed by atoms with E-state index in [1.165, 1.54) is 6.07 Å². The first-order valence-electron chi connectivity index (χ1n) is 11.3. The number of methoxy groups -OCH3 is 2. The average Bonchev–Trinajstić information content (AvgIpc) is 2.89. The molecule has 0 aromatic heterocycles. The van der Waals surface area contributed by atoms with Gasteiger partial charge in [0.15, 0.2) is 11.6 Å². The predicted octanol–water partition coefficient (Wildman–Crippen LogP) is 5.19. The number of carbonyl (C=O) groups excluding carboxylic acids is 1. The Labute approximate surface area is 202 Å². The highest BCUT2D eigenvalue weighted by Crippen LogP contribution is 2.41. The second-order valence-corrected chi connectivity index (χ2v) is 8.61. The van der Waals surface area contributed by atoms with Crippen LogP contribution in [0.15, 0.2) is 54.6 Å². The van der Waals surface area contributed by atoms with Gasteiger partial charge in [-0.15, -0.1) is 0 Å². The molecule has 0 saturated carbocycles. The highest BCUT2D eigenvalue weighted by Gasteiger charge is 2.42. The van der Waals surface area contributed by atoms with Gasteiger partial charge in [0.25, 0.3) is 5.91 Å². The zero-order valence-electron chi connectivity index (χ0n) is 19.5. The highest BCUT2D eigenvalue weighted by atomic mass is 19.2. The molecule has 1 amide bonds. The molecule has 0 radical (unpaired) electrons. The molecule has 1 spiro atoms. The lowest BCUT2D eigenvalue weighted by atomic mass is 9.98. The van der Waals surface area contributed by atoms with E-state index in [-0.39, 0.29) is 11.5 Å². The highest BCUT2D eigenvalue weighted by molar-refractivity contribution is 5.94. The predicted molar refractivity (Wildman–Crippen MR) is 125 cm³/mol. The second-order valence-electron chi connectivity index (χ2n) is 8.61. The Morgan fingerprint density at radius 3 is 2.46 bits per heavy atom. The van der Waals surface area contributed by atoms with Gasteiger partial charge in [-0.05, 0) is 48.0 Å². The van der Waals surface area contributed by atoms with E-state index in [1.54, 1.807) is 19.1 Å².